The van der Waals surface area contributed by atoms with Gasteiger partial charge in [-0.15, -0.1) is 0 Å². The zero-order valence-corrected chi connectivity index (χ0v) is 19.7. The van der Waals surface area contributed by atoms with Crippen LogP contribution in [0.5, 0.6) is 0 Å². The van der Waals surface area contributed by atoms with Gasteiger partial charge in [0.15, 0.2) is 11.6 Å². The van der Waals surface area contributed by atoms with Gasteiger partial charge in [-0.3, -0.25) is 0 Å². The van der Waals surface area contributed by atoms with Crippen molar-refractivity contribution in [3.8, 4) is 0 Å². The molecule has 0 aromatic heterocycles. The molecule has 0 bridgehead atoms. The van der Waals surface area contributed by atoms with Crippen LogP contribution in [0.2, 0.25) is 0 Å². The molecule has 7 heteroatoms. The summed E-state index contributed by atoms with van der Waals surface area (Å²) in [7, 11) is 0. The standard InChI is InChI=1S/C25H39NO6/c1-22-13-18(27)21-16(17(22)6-7-19(22)24(3)29-8-9-30-24)5-4-15-12-25(31-10-11-32-25)14-20(26-28)23(15,21)2/h15-19,21,27-28H,4-14H2,1-3H3/b26-20-/t15-,16-,17+,18-,19-,21-,22+,23-/m1/s1. The van der Waals surface area contributed by atoms with Crippen molar-refractivity contribution < 1.29 is 29.3 Å². The Labute approximate surface area is 190 Å². The first-order valence-electron chi connectivity index (χ1n) is 12.7. The molecule has 0 amide bonds. The predicted molar refractivity (Wildman–Crippen MR) is 116 cm³/mol. The molecule has 180 valence electrons. The van der Waals surface area contributed by atoms with Crippen LogP contribution < -0.4 is 0 Å². The Bertz CT molecular complexity index is 789. The number of aliphatic hydroxyl groups excluding tert-OH is 1. The summed E-state index contributed by atoms with van der Waals surface area (Å²) in [6, 6.07) is 0. The summed E-state index contributed by atoms with van der Waals surface area (Å²) in [6.45, 7) is 9.23. The molecule has 0 radical (unpaired) electrons. The molecule has 8 atom stereocenters. The van der Waals surface area contributed by atoms with Crippen LogP contribution >= 0.6 is 0 Å². The summed E-state index contributed by atoms with van der Waals surface area (Å²) in [6.07, 6.45) is 6.03. The first-order valence-corrected chi connectivity index (χ1v) is 12.7. The minimum Gasteiger partial charge on any atom is -0.411 e. The first-order chi connectivity index (χ1) is 15.3. The highest BCUT2D eigenvalue weighted by Crippen LogP contribution is 2.69. The SMILES string of the molecule is CC1([C@@H]2CC[C@H]3[C@H]4CC[C@@H]5CC6(C/C(=N/O)[C@]5(C)[C@H]4[C@H](O)C[C@@]32C)OCCO6)OCCO1. The van der Waals surface area contributed by atoms with Gasteiger partial charge in [0.05, 0.1) is 38.2 Å². The Hall–Kier alpha value is -0.730. The van der Waals surface area contributed by atoms with Crippen molar-refractivity contribution in [1.29, 1.82) is 0 Å². The number of nitrogens with zero attached hydrogens (tertiary/aromatic N) is 1. The highest BCUT2D eigenvalue weighted by atomic mass is 16.7. The van der Waals surface area contributed by atoms with E-state index >= 15 is 0 Å². The number of hydrogen-bond acceptors (Lipinski definition) is 7. The molecule has 6 rings (SSSR count). The lowest BCUT2D eigenvalue weighted by molar-refractivity contribution is -0.233. The predicted octanol–water partition coefficient (Wildman–Crippen LogP) is 3.56. The van der Waals surface area contributed by atoms with Crippen LogP contribution in [0, 0.1) is 40.4 Å². The number of rotatable bonds is 1. The van der Waals surface area contributed by atoms with Crippen molar-refractivity contribution in [3.05, 3.63) is 0 Å². The number of ether oxygens (including phenoxy) is 4. The van der Waals surface area contributed by atoms with Crippen molar-refractivity contribution in [2.45, 2.75) is 83.4 Å². The minimum absolute atomic E-state index is 0.00699. The monoisotopic (exact) mass is 449 g/mol. The molecular formula is C25H39NO6. The fourth-order valence-corrected chi connectivity index (χ4v) is 9.65. The van der Waals surface area contributed by atoms with E-state index in [1.807, 2.05) is 0 Å². The third-order valence-corrected chi connectivity index (χ3v) is 10.9. The van der Waals surface area contributed by atoms with Gasteiger partial charge in [-0.2, -0.15) is 0 Å². The Morgan fingerprint density at radius 3 is 2.25 bits per heavy atom. The fraction of sp³-hybridized carbons (Fsp3) is 0.960. The molecular weight excluding hydrogens is 410 g/mol. The molecule has 2 heterocycles. The molecule has 6 aliphatic rings. The van der Waals surface area contributed by atoms with E-state index in [4.69, 9.17) is 18.9 Å². The number of aliphatic hydroxyl groups is 1. The van der Waals surface area contributed by atoms with Crippen molar-refractivity contribution >= 4 is 5.71 Å². The average Bonchev–Trinajstić information content (AvgIpc) is 3.47. The van der Waals surface area contributed by atoms with Gasteiger partial charge in [0, 0.05) is 24.2 Å². The summed E-state index contributed by atoms with van der Waals surface area (Å²) >= 11 is 0. The fourth-order valence-electron chi connectivity index (χ4n) is 9.65. The minimum atomic E-state index is -0.642. The van der Waals surface area contributed by atoms with Crippen molar-refractivity contribution in [3.63, 3.8) is 0 Å². The molecule has 4 aliphatic carbocycles. The van der Waals surface area contributed by atoms with Crippen molar-refractivity contribution in [2.24, 2.45) is 45.6 Å². The normalized spacial score (nSPS) is 52.7. The maximum atomic E-state index is 11.8. The molecule has 7 nitrogen and oxygen atoms in total. The van der Waals surface area contributed by atoms with Crippen LogP contribution in [0.25, 0.3) is 0 Å². The second-order valence-electron chi connectivity index (χ2n) is 12.0. The van der Waals surface area contributed by atoms with Crippen molar-refractivity contribution in [1.82, 2.24) is 0 Å². The smallest absolute Gasteiger partial charge is 0.174 e. The third-order valence-electron chi connectivity index (χ3n) is 10.9. The van der Waals surface area contributed by atoms with Gasteiger partial charge in [-0.1, -0.05) is 19.0 Å². The van der Waals surface area contributed by atoms with Crippen LogP contribution in [0.1, 0.15) is 65.7 Å². The lowest BCUT2D eigenvalue weighted by Gasteiger charge is -2.63. The summed E-state index contributed by atoms with van der Waals surface area (Å²) < 4.78 is 24.3. The Kier molecular flexibility index (Phi) is 4.86. The van der Waals surface area contributed by atoms with Gasteiger partial charge in [-0.05, 0) is 68.1 Å². The third kappa shape index (κ3) is 2.75. The van der Waals surface area contributed by atoms with Gasteiger partial charge in [-0.25, -0.2) is 0 Å². The van der Waals surface area contributed by atoms with Gasteiger partial charge < -0.3 is 29.3 Å². The number of oxime groups is 1. The topological polar surface area (TPSA) is 89.7 Å². The molecule has 0 aromatic rings. The van der Waals surface area contributed by atoms with E-state index in [0.29, 0.717) is 50.6 Å². The highest BCUT2D eigenvalue weighted by molar-refractivity contribution is 5.92. The molecule has 2 N–H and O–H groups in total. The molecule has 6 fully saturated rings. The van der Waals surface area contributed by atoms with Gasteiger partial charge in [0.2, 0.25) is 0 Å². The number of fused-ring (bicyclic) bond motifs is 5. The van der Waals surface area contributed by atoms with Gasteiger partial charge in [0.25, 0.3) is 0 Å². The quantitative estimate of drug-likeness (QED) is 0.470. The van der Waals surface area contributed by atoms with Crippen LogP contribution in [0.3, 0.4) is 0 Å². The first kappa shape index (κ1) is 21.8. The van der Waals surface area contributed by atoms with Crippen LogP contribution in [0.4, 0.5) is 0 Å². The molecule has 4 saturated carbocycles. The zero-order valence-electron chi connectivity index (χ0n) is 19.7. The lowest BCUT2D eigenvalue weighted by atomic mass is 9.43. The van der Waals surface area contributed by atoms with Crippen LogP contribution in [-0.2, 0) is 18.9 Å². The highest BCUT2D eigenvalue weighted by Gasteiger charge is 2.68. The zero-order chi connectivity index (χ0) is 22.4. The van der Waals surface area contributed by atoms with Gasteiger partial charge in [0.1, 0.15) is 0 Å². The maximum absolute atomic E-state index is 11.8. The lowest BCUT2D eigenvalue weighted by Crippen LogP contribution is -2.64. The largest absolute Gasteiger partial charge is 0.411 e. The van der Waals surface area contributed by atoms with E-state index in [0.717, 1.165) is 44.2 Å². The molecule has 0 unspecified atom stereocenters. The van der Waals surface area contributed by atoms with E-state index in [1.54, 1.807) is 0 Å². The van der Waals surface area contributed by atoms with Crippen LogP contribution in [-0.4, -0.2) is 60.1 Å². The van der Waals surface area contributed by atoms with E-state index in [9.17, 15) is 10.3 Å². The van der Waals surface area contributed by atoms with Crippen molar-refractivity contribution in [2.75, 3.05) is 26.4 Å². The second kappa shape index (κ2) is 7.14. The van der Waals surface area contributed by atoms with E-state index in [-0.39, 0.29) is 22.7 Å². The molecule has 2 saturated heterocycles. The number of hydrogen-bond donors (Lipinski definition) is 2. The molecule has 32 heavy (non-hydrogen) atoms. The van der Waals surface area contributed by atoms with E-state index in [1.165, 1.54) is 0 Å². The summed E-state index contributed by atoms with van der Waals surface area (Å²) in [5.74, 6) is 0.441. The van der Waals surface area contributed by atoms with Crippen LogP contribution in [0.15, 0.2) is 5.16 Å². The second-order valence-corrected chi connectivity index (χ2v) is 12.0. The van der Waals surface area contributed by atoms with E-state index in [2.05, 4.69) is 25.9 Å². The molecule has 1 spiro atoms. The summed E-state index contributed by atoms with van der Waals surface area (Å²) in [5.41, 5.74) is 0.422. The summed E-state index contributed by atoms with van der Waals surface area (Å²) in [4.78, 5) is 0. The Morgan fingerprint density at radius 1 is 0.875 bits per heavy atom. The molecule has 0 aromatic carbocycles. The van der Waals surface area contributed by atoms with Gasteiger partial charge >= 0.3 is 0 Å². The average molecular weight is 450 g/mol. The summed E-state index contributed by atoms with van der Waals surface area (Å²) in [5, 5.41) is 25.7. The maximum Gasteiger partial charge on any atom is 0.174 e. The Balaban J connectivity index is 1.34. The molecule has 2 aliphatic heterocycles. The van der Waals surface area contributed by atoms with E-state index < -0.39 is 17.7 Å². The Morgan fingerprint density at radius 2 is 1.56 bits per heavy atom.